The molecule has 4 rings (SSSR count). The molecular weight excluding hydrogens is 476 g/mol. The molecular formula is C24H23ClN4O4S. The van der Waals surface area contributed by atoms with Crippen molar-refractivity contribution in [1.82, 2.24) is 14.6 Å². The van der Waals surface area contributed by atoms with Crippen molar-refractivity contribution in [1.29, 1.82) is 0 Å². The van der Waals surface area contributed by atoms with Gasteiger partial charge in [-0.15, -0.1) is 0 Å². The van der Waals surface area contributed by atoms with Crippen molar-refractivity contribution in [3.8, 4) is 11.5 Å². The van der Waals surface area contributed by atoms with E-state index < -0.39 is 0 Å². The Morgan fingerprint density at radius 3 is 2.68 bits per heavy atom. The summed E-state index contributed by atoms with van der Waals surface area (Å²) in [4.78, 5) is 29.7. The number of carbonyl (C=O) groups excluding carboxylic acids is 1. The normalized spacial score (nSPS) is 11.1. The maximum Gasteiger partial charge on any atom is 0.275 e. The highest BCUT2D eigenvalue weighted by atomic mass is 35.5. The van der Waals surface area contributed by atoms with Crippen LogP contribution in [0, 0.1) is 5.92 Å². The van der Waals surface area contributed by atoms with Crippen molar-refractivity contribution in [3.05, 3.63) is 80.7 Å². The highest BCUT2D eigenvalue weighted by Gasteiger charge is 2.11. The smallest absolute Gasteiger partial charge is 0.275 e. The van der Waals surface area contributed by atoms with Gasteiger partial charge in [-0.3, -0.25) is 9.59 Å². The lowest BCUT2D eigenvalue weighted by Gasteiger charge is -2.10. The molecule has 0 aliphatic rings. The van der Waals surface area contributed by atoms with Crippen molar-refractivity contribution >= 4 is 39.5 Å². The number of hydrogen-bond acceptors (Lipinski definition) is 7. The lowest BCUT2D eigenvalue weighted by Crippen LogP contribution is -2.20. The van der Waals surface area contributed by atoms with Crippen LogP contribution in [0.2, 0.25) is 5.02 Å². The molecule has 4 aromatic rings. The molecule has 8 nitrogen and oxygen atoms in total. The van der Waals surface area contributed by atoms with Gasteiger partial charge < -0.3 is 14.8 Å². The number of nitrogens with one attached hydrogen (secondary N) is 1. The van der Waals surface area contributed by atoms with E-state index in [1.807, 2.05) is 0 Å². The lowest BCUT2D eigenvalue weighted by atomic mass is 10.1. The number of anilines is 1. The third-order valence-corrected chi connectivity index (χ3v) is 5.79. The summed E-state index contributed by atoms with van der Waals surface area (Å²) in [7, 11) is 0. The summed E-state index contributed by atoms with van der Waals surface area (Å²) >= 11 is 7.25. The first-order valence-electron chi connectivity index (χ1n) is 10.7. The molecule has 2 aromatic carbocycles. The molecule has 1 N–H and O–H groups in total. The molecule has 0 aliphatic carbocycles. The molecule has 1 amide bonds. The Bertz CT molecular complexity index is 1350. The maximum absolute atomic E-state index is 12.4. The minimum Gasteiger partial charge on any atom is -0.487 e. The number of nitrogens with zero attached hydrogens (tertiary/aromatic N) is 3. The molecule has 0 fully saturated rings. The quantitative estimate of drug-likeness (QED) is 0.362. The average molecular weight is 499 g/mol. The number of carbonyl (C=O) groups is 1. The number of ether oxygens (including phenoxy) is 2. The van der Waals surface area contributed by atoms with Crippen LogP contribution >= 0.6 is 22.9 Å². The minimum absolute atomic E-state index is 0.111. The molecule has 34 heavy (non-hydrogen) atoms. The van der Waals surface area contributed by atoms with Gasteiger partial charge in [0.25, 0.3) is 11.5 Å². The number of amides is 1. The van der Waals surface area contributed by atoms with Crippen LogP contribution in [0.3, 0.4) is 0 Å². The van der Waals surface area contributed by atoms with E-state index in [9.17, 15) is 9.59 Å². The number of rotatable bonds is 9. The standard InChI is InChI=1S/C24H23ClN4O4S/c1-15(2)10-22-28-29-23(31)12-18(27-24(29)34-22)13-32-20-5-3-4-17(11-20)26-21(30)14-33-19-8-6-16(25)7-9-19/h3-9,11-12,15H,10,13-14H2,1-2H3,(H,26,30). The number of fused-ring (bicyclic) bond motifs is 1. The minimum atomic E-state index is -0.311. The lowest BCUT2D eigenvalue weighted by molar-refractivity contribution is -0.118. The first kappa shape index (κ1) is 23.7. The Kier molecular flexibility index (Phi) is 7.44. The summed E-state index contributed by atoms with van der Waals surface area (Å²) in [6, 6.07) is 15.2. The Balaban J connectivity index is 1.35. The SMILES string of the molecule is CC(C)Cc1nn2c(=O)cc(COc3cccc(NC(=O)COc4ccc(Cl)cc4)c3)nc2s1. The van der Waals surface area contributed by atoms with Gasteiger partial charge >= 0.3 is 0 Å². The van der Waals surface area contributed by atoms with E-state index in [1.165, 1.54) is 21.9 Å². The van der Waals surface area contributed by atoms with Gasteiger partial charge in [-0.25, -0.2) is 4.98 Å². The Hall–Kier alpha value is -3.43. The predicted octanol–water partition coefficient (Wildman–Crippen LogP) is 4.60. The summed E-state index contributed by atoms with van der Waals surface area (Å²) in [6.45, 7) is 4.17. The van der Waals surface area contributed by atoms with E-state index in [0.29, 0.717) is 38.8 Å². The molecule has 0 saturated heterocycles. The Morgan fingerprint density at radius 2 is 1.91 bits per heavy atom. The zero-order chi connectivity index (χ0) is 24.1. The van der Waals surface area contributed by atoms with Crippen LogP contribution in [-0.2, 0) is 17.8 Å². The summed E-state index contributed by atoms with van der Waals surface area (Å²) < 4.78 is 12.6. The number of aromatic nitrogens is 3. The fraction of sp³-hybridized carbons (Fsp3) is 0.250. The maximum atomic E-state index is 12.4. The predicted molar refractivity (Wildman–Crippen MR) is 132 cm³/mol. The van der Waals surface area contributed by atoms with Gasteiger partial charge in [-0.2, -0.15) is 9.61 Å². The van der Waals surface area contributed by atoms with E-state index in [4.69, 9.17) is 21.1 Å². The third-order valence-electron chi connectivity index (χ3n) is 4.61. The van der Waals surface area contributed by atoms with E-state index in [-0.39, 0.29) is 24.7 Å². The van der Waals surface area contributed by atoms with E-state index in [0.717, 1.165) is 11.4 Å². The van der Waals surface area contributed by atoms with Crippen molar-refractivity contribution in [2.24, 2.45) is 5.92 Å². The topological polar surface area (TPSA) is 94.8 Å². The van der Waals surface area contributed by atoms with Crippen LogP contribution in [0.1, 0.15) is 24.5 Å². The number of benzene rings is 2. The van der Waals surface area contributed by atoms with Crippen molar-refractivity contribution in [2.75, 3.05) is 11.9 Å². The van der Waals surface area contributed by atoms with E-state index in [1.54, 1.807) is 48.5 Å². The molecule has 2 aromatic heterocycles. The van der Waals surface area contributed by atoms with E-state index >= 15 is 0 Å². The van der Waals surface area contributed by atoms with Crippen LogP contribution in [0.25, 0.3) is 4.96 Å². The van der Waals surface area contributed by atoms with Gasteiger partial charge in [0.2, 0.25) is 4.96 Å². The van der Waals surface area contributed by atoms with Crippen molar-refractivity contribution < 1.29 is 14.3 Å². The summed E-state index contributed by atoms with van der Waals surface area (Å²) in [5.41, 5.74) is 0.832. The second-order valence-electron chi connectivity index (χ2n) is 7.98. The molecule has 0 atom stereocenters. The molecule has 0 aliphatic heterocycles. The second-order valence-corrected chi connectivity index (χ2v) is 9.46. The third kappa shape index (κ3) is 6.33. The van der Waals surface area contributed by atoms with Gasteiger partial charge in [0.1, 0.15) is 23.1 Å². The van der Waals surface area contributed by atoms with Crippen molar-refractivity contribution in [2.45, 2.75) is 26.9 Å². The van der Waals surface area contributed by atoms with E-state index in [2.05, 4.69) is 29.2 Å². The van der Waals surface area contributed by atoms with Gasteiger partial charge in [0.05, 0.1) is 5.69 Å². The molecule has 0 saturated carbocycles. The van der Waals surface area contributed by atoms with Crippen LogP contribution < -0.4 is 20.3 Å². The zero-order valence-electron chi connectivity index (χ0n) is 18.7. The van der Waals surface area contributed by atoms with Gasteiger partial charge in [-0.05, 0) is 42.3 Å². The molecule has 176 valence electrons. The van der Waals surface area contributed by atoms with Crippen LogP contribution in [0.5, 0.6) is 11.5 Å². The summed E-state index contributed by atoms with van der Waals surface area (Å²) in [5, 5.41) is 8.59. The second kappa shape index (κ2) is 10.7. The van der Waals surface area contributed by atoms with Crippen molar-refractivity contribution in [3.63, 3.8) is 0 Å². The van der Waals surface area contributed by atoms with Crippen LogP contribution in [-0.4, -0.2) is 27.1 Å². The molecule has 2 heterocycles. The average Bonchev–Trinajstić information content (AvgIpc) is 3.20. The van der Waals surface area contributed by atoms with Gasteiger partial charge in [-0.1, -0.05) is 42.9 Å². The van der Waals surface area contributed by atoms with Crippen LogP contribution in [0.15, 0.2) is 59.4 Å². The highest BCUT2D eigenvalue weighted by molar-refractivity contribution is 7.16. The highest BCUT2D eigenvalue weighted by Crippen LogP contribution is 2.20. The fourth-order valence-electron chi connectivity index (χ4n) is 3.10. The van der Waals surface area contributed by atoms with Gasteiger partial charge in [0.15, 0.2) is 6.61 Å². The molecule has 0 unspecified atom stereocenters. The monoisotopic (exact) mass is 498 g/mol. The fourth-order valence-corrected chi connectivity index (χ4v) is 4.36. The summed E-state index contributed by atoms with van der Waals surface area (Å²) in [6.07, 6.45) is 0.794. The Morgan fingerprint density at radius 1 is 1.12 bits per heavy atom. The first-order valence-corrected chi connectivity index (χ1v) is 11.8. The zero-order valence-corrected chi connectivity index (χ0v) is 20.2. The molecule has 0 bridgehead atoms. The largest absolute Gasteiger partial charge is 0.487 e. The number of hydrogen-bond donors (Lipinski definition) is 1. The molecule has 0 radical (unpaired) electrons. The molecule has 10 heteroatoms. The van der Waals surface area contributed by atoms with Crippen LogP contribution in [0.4, 0.5) is 5.69 Å². The van der Waals surface area contributed by atoms with Gasteiger partial charge in [0, 0.05) is 29.3 Å². The Labute approximate surface area is 205 Å². The number of halogens is 1. The molecule has 0 spiro atoms. The first-order chi connectivity index (χ1) is 16.4. The summed E-state index contributed by atoms with van der Waals surface area (Å²) in [5.74, 6) is 1.21.